The lowest BCUT2D eigenvalue weighted by atomic mass is 9.86. The van der Waals surface area contributed by atoms with E-state index >= 15 is 0 Å². The molecule has 6 heteroatoms. The molecule has 1 fully saturated rings. The van der Waals surface area contributed by atoms with Gasteiger partial charge in [-0.15, -0.1) is 0 Å². The molecule has 0 heterocycles. The normalized spacial score (nSPS) is 22.4. The van der Waals surface area contributed by atoms with Crippen LogP contribution in [0.25, 0.3) is 0 Å². The Bertz CT molecular complexity index is 310. The van der Waals surface area contributed by atoms with Crippen LogP contribution in [0.5, 0.6) is 0 Å². The first-order valence-electron chi connectivity index (χ1n) is 6.34. The number of unbranched alkanes of at least 4 members (excludes halogenated alkanes) is 1. The number of rotatable bonds is 6. The molecule has 0 aromatic heterocycles. The van der Waals surface area contributed by atoms with E-state index in [0.717, 1.165) is 12.8 Å². The number of amides is 1. The second kappa shape index (κ2) is 6.97. The lowest BCUT2D eigenvalue weighted by molar-refractivity contribution is -0.132. The van der Waals surface area contributed by atoms with Crippen LogP contribution in [0.2, 0.25) is 0 Å². The summed E-state index contributed by atoms with van der Waals surface area (Å²) in [6.07, 6.45) is 2.83. The fourth-order valence-electron chi connectivity index (χ4n) is 2.18. The minimum atomic E-state index is -2.67. The topological polar surface area (TPSA) is 55.1 Å². The summed E-state index contributed by atoms with van der Waals surface area (Å²) in [6, 6.07) is 0. The molecule has 1 aliphatic rings. The van der Waals surface area contributed by atoms with E-state index in [4.69, 9.17) is 18.0 Å². The zero-order chi connectivity index (χ0) is 13.6. The fraction of sp³-hybridized carbons (Fsp3) is 0.833. The van der Waals surface area contributed by atoms with Crippen molar-refractivity contribution in [1.29, 1.82) is 0 Å². The van der Waals surface area contributed by atoms with Crippen LogP contribution in [0, 0.1) is 5.92 Å². The number of nitrogens with one attached hydrogen (secondary N) is 1. The van der Waals surface area contributed by atoms with Gasteiger partial charge in [-0.25, -0.2) is 8.78 Å². The van der Waals surface area contributed by atoms with Crippen LogP contribution < -0.4 is 11.1 Å². The van der Waals surface area contributed by atoms with Gasteiger partial charge in [0.2, 0.25) is 11.8 Å². The summed E-state index contributed by atoms with van der Waals surface area (Å²) in [5, 5.41) is 2.71. The van der Waals surface area contributed by atoms with Crippen molar-refractivity contribution in [2.24, 2.45) is 11.7 Å². The SMILES string of the molecule is NC(=S)CCCCNC(=O)C1CCCC(F)(F)C1. The fourth-order valence-corrected chi connectivity index (χ4v) is 2.32. The summed E-state index contributed by atoms with van der Waals surface area (Å²) in [4.78, 5) is 12.2. The van der Waals surface area contributed by atoms with Gasteiger partial charge in [-0.05, 0) is 32.1 Å². The quantitative estimate of drug-likeness (QED) is 0.579. The van der Waals surface area contributed by atoms with Crippen LogP contribution in [0.15, 0.2) is 0 Å². The lowest BCUT2D eigenvalue weighted by Gasteiger charge is -2.27. The Balaban J connectivity index is 2.18. The Kier molecular flexibility index (Phi) is 5.91. The summed E-state index contributed by atoms with van der Waals surface area (Å²) in [5.74, 6) is -3.46. The minimum absolute atomic E-state index is 0.0925. The smallest absolute Gasteiger partial charge is 0.248 e. The highest BCUT2D eigenvalue weighted by Crippen LogP contribution is 2.36. The molecule has 1 unspecified atom stereocenters. The third kappa shape index (κ3) is 5.71. The van der Waals surface area contributed by atoms with E-state index in [1.54, 1.807) is 0 Å². The number of carbonyl (C=O) groups excluding carboxylic acids is 1. The lowest BCUT2D eigenvalue weighted by Crippen LogP contribution is -2.37. The van der Waals surface area contributed by atoms with Crippen molar-refractivity contribution in [1.82, 2.24) is 5.32 Å². The van der Waals surface area contributed by atoms with E-state index in [9.17, 15) is 13.6 Å². The summed E-state index contributed by atoms with van der Waals surface area (Å²) < 4.78 is 26.3. The summed E-state index contributed by atoms with van der Waals surface area (Å²) in [6.45, 7) is 0.503. The highest BCUT2D eigenvalue weighted by molar-refractivity contribution is 7.80. The monoisotopic (exact) mass is 278 g/mol. The van der Waals surface area contributed by atoms with Crippen LogP contribution >= 0.6 is 12.2 Å². The summed E-state index contributed by atoms with van der Waals surface area (Å²) in [5.41, 5.74) is 5.34. The third-order valence-electron chi connectivity index (χ3n) is 3.16. The molecule has 0 bridgehead atoms. The number of alkyl halides is 2. The largest absolute Gasteiger partial charge is 0.393 e. The van der Waals surface area contributed by atoms with Crippen molar-refractivity contribution in [2.75, 3.05) is 6.54 Å². The van der Waals surface area contributed by atoms with Crippen molar-refractivity contribution in [2.45, 2.75) is 50.9 Å². The molecule has 1 atom stereocenters. The molecule has 0 saturated heterocycles. The van der Waals surface area contributed by atoms with Gasteiger partial charge in [-0.2, -0.15) is 0 Å². The zero-order valence-electron chi connectivity index (χ0n) is 10.4. The van der Waals surface area contributed by atoms with Crippen molar-refractivity contribution >= 4 is 23.1 Å². The van der Waals surface area contributed by atoms with Gasteiger partial charge in [-0.1, -0.05) is 12.2 Å². The van der Waals surface area contributed by atoms with E-state index in [0.29, 0.717) is 30.8 Å². The Labute approximate surface area is 111 Å². The maximum atomic E-state index is 13.1. The minimum Gasteiger partial charge on any atom is -0.393 e. The van der Waals surface area contributed by atoms with Crippen LogP contribution in [0.1, 0.15) is 44.9 Å². The van der Waals surface area contributed by atoms with E-state index in [-0.39, 0.29) is 18.7 Å². The molecule has 3 nitrogen and oxygen atoms in total. The predicted molar refractivity (Wildman–Crippen MR) is 70.6 cm³/mol. The Morgan fingerprint density at radius 2 is 2.17 bits per heavy atom. The van der Waals surface area contributed by atoms with Gasteiger partial charge >= 0.3 is 0 Å². The molecular formula is C12H20F2N2OS. The van der Waals surface area contributed by atoms with E-state index in [1.165, 1.54) is 0 Å². The standard InChI is InChI=1S/C12H20F2N2OS/c13-12(14)6-3-4-9(8-12)11(17)16-7-2-1-5-10(15)18/h9H,1-8H2,(H2,15,18)(H,16,17). The average molecular weight is 278 g/mol. The van der Waals surface area contributed by atoms with Gasteiger partial charge in [0.15, 0.2) is 0 Å². The molecule has 0 aromatic rings. The van der Waals surface area contributed by atoms with Crippen LogP contribution in [-0.4, -0.2) is 23.4 Å². The second-order valence-electron chi connectivity index (χ2n) is 4.86. The second-order valence-corrected chi connectivity index (χ2v) is 5.39. The van der Waals surface area contributed by atoms with Gasteiger partial charge in [0.25, 0.3) is 0 Å². The van der Waals surface area contributed by atoms with Gasteiger partial charge in [0, 0.05) is 25.3 Å². The first-order chi connectivity index (χ1) is 8.41. The van der Waals surface area contributed by atoms with Crippen LogP contribution in [-0.2, 0) is 4.79 Å². The molecule has 0 radical (unpaired) electrons. The van der Waals surface area contributed by atoms with Crippen molar-refractivity contribution in [3.63, 3.8) is 0 Å². The molecule has 0 aromatic carbocycles. The molecule has 0 aliphatic heterocycles. The van der Waals surface area contributed by atoms with E-state index in [1.807, 2.05) is 0 Å². The summed E-state index contributed by atoms with van der Waals surface area (Å²) in [7, 11) is 0. The highest BCUT2D eigenvalue weighted by Gasteiger charge is 2.38. The van der Waals surface area contributed by atoms with Crippen LogP contribution in [0.3, 0.4) is 0 Å². The van der Waals surface area contributed by atoms with Crippen molar-refractivity contribution < 1.29 is 13.6 Å². The zero-order valence-corrected chi connectivity index (χ0v) is 11.2. The number of thiocarbonyl (C=S) groups is 1. The van der Waals surface area contributed by atoms with Crippen LogP contribution in [0.4, 0.5) is 8.78 Å². The highest BCUT2D eigenvalue weighted by atomic mass is 32.1. The first-order valence-corrected chi connectivity index (χ1v) is 6.75. The number of carbonyl (C=O) groups is 1. The molecule has 104 valence electrons. The van der Waals surface area contributed by atoms with Crippen molar-refractivity contribution in [3.05, 3.63) is 0 Å². The number of hydrogen-bond donors (Lipinski definition) is 2. The molecular weight excluding hydrogens is 258 g/mol. The van der Waals surface area contributed by atoms with Gasteiger partial charge < -0.3 is 11.1 Å². The summed E-state index contributed by atoms with van der Waals surface area (Å²) >= 11 is 4.73. The van der Waals surface area contributed by atoms with E-state index < -0.39 is 11.8 Å². The molecule has 1 aliphatic carbocycles. The van der Waals surface area contributed by atoms with Gasteiger partial charge in [0.1, 0.15) is 0 Å². The maximum Gasteiger partial charge on any atom is 0.248 e. The molecule has 1 rings (SSSR count). The van der Waals surface area contributed by atoms with Crippen molar-refractivity contribution in [3.8, 4) is 0 Å². The average Bonchev–Trinajstić information content (AvgIpc) is 2.26. The molecule has 1 amide bonds. The molecule has 0 spiro atoms. The van der Waals surface area contributed by atoms with Gasteiger partial charge in [0.05, 0.1) is 4.99 Å². The Hall–Kier alpha value is -0.780. The first kappa shape index (κ1) is 15.3. The molecule has 3 N–H and O–H groups in total. The number of nitrogens with two attached hydrogens (primary N) is 1. The molecule has 18 heavy (non-hydrogen) atoms. The predicted octanol–water partition coefficient (Wildman–Crippen LogP) is 2.38. The Morgan fingerprint density at radius 1 is 1.44 bits per heavy atom. The third-order valence-corrected chi connectivity index (χ3v) is 3.36. The van der Waals surface area contributed by atoms with E-state index in [2.05, 4.69) is 5.32 Å². The number of halogens is 2. The number of hydrogen-bond acceptors (Lipinski definition) is 2. The maximum absolute atomic E-state index is 13.1. The van der Waals surface area contributed by atoms with Gasteiger partial charge in [-0.3, -0.25) is 4.79 Å². The molecule has 1 saturated carbocycles. The Morgan fingerprint density at radius 3 is 2.78 bits per heavy atom.